The normalized spacial score (nSPS) is 34.8. The molecule has 0 bridgehead atoms. The van der Waals surface area contributed by atoms with Gasteiger partial charge in [0.05, 0.1) is 5.88 Å². The molecule has 0 aromatic rings. The molecule has 1 saturated carbocycles. The maximum Gasteiger partial charge on any atom is 0.327 e. The van der Waals surface area contributed by atoms with Crippen LogP contribution in [0.2, 0.25) is 0 Å². The molecule has 1 aliphatic heterocycles. The second kappa shape index (κ2) is 4.96. The van der Waals surface area contributed by atoms with Crippen molar-refractivity contribution >= 4 is 36.3 Å². The second-order valence-corrected chi connectivity index (χ2v) is 7.79. The molecule has 0 aromatic carbocycles. The molecular formula is C12H19NO3S2. The highest BCUT2D eigenvalue weighted by molar-refractivity contribution is 8.00. The average molecular weight is 289 g/mol. The van der Waals surface area contributed by atoms with Crippen molar-refractivity contribution in [2.45, 2.75) is 49.1 Å². The summed E-state index contributed by atoms with van der Waals surface area (Å²) in [5.74, 6) is -0.575. The number of thioether (sulfide) groups is 1. The third-order valence-electron chi connectivity index (χ3n) is 3.86. The molecule has 4 nitrogen and oxygen atoms in total. The van der Waals surface area contributed by atoms with Gasteiger partial charge in [-0.3, -0.25) is 4.79 Å². The molecule has 1 aliphatic carbocycles. The van der Waals surface area contributed by atoms with Crippen molar-refractivity contribution in [3.8, 4) is 0 Å². The highest BCUT2D eigenvalue weighted by Crippen LogP contribution is 2.42. The average Bonchev–Trinajstić information content (AvgIpc) is 2.80. The van der Waals surface area contributed by atoms with Gasteiger partial charge < -0.3 is 10.0 Å². The lowest BCUT2D eigenvalue weighted by Crippen LogP contribution is -2.50. The quantitative estimate of drug-likeness (QED) is 0.762. The van der Waals surface area contributed by atoms with Crippen LogP contribution in [-0.2, 0) is 9.59 Å². The highest BCUT2D eigenvalue weighted by atomic mass is 32.2. The fourth-order valence-corrected chi connectivity index (χ4v) is 4.42. The maximum atomic E-state index is 12.5. The Morgan fingerprint density at radius 2 is 2.06 bits per heavy atom. The second-order valence-electron chi connectivity index (χ2n) is 5.53. The van der Waals surface area contributed by atoms with Gasteiger partial charge in [-0.05, 0) is 26.7 Å². The number of nitrogens with zero attached hydrogens (tertiary/aromatic N) is 1. The van der Waals surface area contributed by atoms with E-state index in [0.29, 0.717) is 5.88 Å². The first-order valence-electron chi connectivity index (χ1n) is 6.20. The van der Waals surface area contributed by atoms with E-state index in [4.69, 9.17) is 0 Å². The summed E-state index contributed by atoms with van der Waals surface area (Å²) in [4.78, 5) is 25.4. The van der Waals surface area contributed by atoms with Crippen LogP contribution < -0.4 is 0 Å². The Balaban J connectivity index is 2.17. The van der Waals surface area contributed by atoms with Gasteiger partial charge in [-0.15, -0.1) is 11.8 Å². The number of amides is 1. The maximum absolute atomic E-state index is 12.5. The zero-order valence-corrected chi connectivity index (χ0v) is 12.3. The third-order valence-corrected chi connectivity index (χ3v) is 5.85. The molecule has 1 amide bonds. The molecule has 3 atom stereocenters. The van der Waals surface area contributed by atoms with Gasteiger partial charge in [0.2, 0.25) is 5.91 Å². The standard InChI is InChI=1S/C12H19NO3S2/c1-12(2)9(11(15)16)13(6-18-12)10(14)7-4-3-5-8(7)17/h7-9,17H,3-6H2,1-2H3,(H,15,16)/t7?,8?,9-/m0/s1. The first kappa shape index (κ1) is 14.1. The van der Waals surface area contributed by atoms with Gasteiger partial charge in [0, 0.05) is 15.9 Å². The van der Waals surface area contributed by atoms with Gasteiger partial charge in [0.1, 0.15) is 6.04 Å². The third kappa shape index (κ3) is 2.37. The zero-order valence-electron chi connectivity index (χ0n) is 10.6. The summed E-state index contributed by atoms with van der Waals surface area (Å²) in [6, 6.07) is -0.726. The Morgan fingerprint density at radius 3 is 2.56 bits per heavy atom. The van der Waals surface area contributed by atoms with Crippen LogP contribution in [0.15, 0.2) is 0 Å². The first-order valence-corrected chi connectivity index (χ1v) is 7.70. The summed E-state index contributed by atoms with van der Waals surface area (Å²) in [7, 11) is 0. The van der Waals surface area contributed by atoms with Crippen molar-refractivity contribution in [1.82, 2.24) is 4.90 Å². The van der Waals surface area contributed by atoms with Crippen LogP contribution in [0.25, 0.3) is 0 Å². The Hall–Kier alpha value is -0.360. The Bertz CT molecular complexity index is 372. The lowest BCUT2D eigenvalue weighted by molar-refractivity contribution is -0.151. The molecule has 0 spiro atoms. The molecule has 2 aliphatic rings. The number of rotatable bonds is 2. The molecule has 0 aromatic heterocycles. The van der Waals surface area contributed by atoms with Gasteiger partial charge >= 0.3 is 5.97 Å². The van der Waals surface area contributed by atoms with E-state index in [-0.39, 0.29) is 17.1 Å². The first-order chi connectivity index (χ1) is 8.34. The van der Waals surface area contributed by atoms with Crippen molar-refractivity contribution in [1.29, 1.82) is 0 Å². The Morgan fingerprint density at radius 1 is 1.39 bits per heavy atom. The van der Waals surface area contributed by atoms with Crippen molar-refractivity contribution in [3.63, 3.8) is 0 Å². The molecule has 1 saturated heterocycles. The zero-order chi connectivity index (χ0) is 13.5. The molecule has 2 rings (SSSR count). The van der Waals surface area contributed by atoms with Gasteiger partial charge in [-0.25, -0.2) is 4.79 Å². The molecule has 2 unspecified atom stereocenters. The van der Waals surface area contributed by atoms with E-state index >= 15 is 0 Å². The van der Waals surface area contributed by atoms with Crippen LogP contribution in [0.5, 0.6) is 0 Å². The number of hydrogen-bond acceptors (Lipinski definition) is 4. The van der Waals surface area contributed by atoms with Crippen LogP contribution >= 0.6 is 24.4 Å². The highest BCUT2D eigenvalue weighted by Gasteiger charge is 2.50. The van der Waals surface area contributed by atoms with Crippen LogP contribution in [-0.4, -0.2) is 43.8 Å². The topological polar surface area (TPSA) is 57.6 Å². The minimum Gasteiger partial charge on any atom is -0.480 e. The van der Waals surface area contributed by atoms with Crippen LogP contribution in [0, 0.1) is 5.92 Å². The number of hydrogen-bond donors (Lipinski definition) is 2. The molecule has 2 fully saturated rings. The predicted molar refractivity (Wildman–Crippen MR) is 74.9 cm³/mol. The summed E-state index contributed by atoms with van der Waals surface area (Å²) < 4.78 is -0.424. The summed E-state index contributed by atoms with van der Waals surface area (Å²) in [5, 5.41) is 9.43. The SMILES string of the molecule is CC1(C)SCN(C(=O)C2CCCC2S)[C@H]1C(=O)O. The minimum atomic E-state index is -0.910. The number of thiol groups is 1. The van der Waals surface area contributed by atoms with Gasteiger partial charge in [0.25, 0.3) is 0 Å². The van der Waals surface area contributed by atoms with E-state index < -0.39 is 16.8 Å². The molecule has 6 heteroatoms. The van der Waals surface area contributed by atoms with E-state index in [0.717, 1.165) is 19.3 Å². The molecule has 1 heterocycles. The van der Waals surface area contributed by atoms with E-state index in [1.807, 2.05) is 13.8 Å². The van der Waals surface area contributed by atoms with Crippen LogP contribution in [0.3, 0.4) is 0 Å². The van der Waals surface area contributed by atoms with Crippen LogP contribution in [0.1, 0.15) is 33.1 Å². The molecule has 102 valence electrons. The minimum absolute atomic E-state index is 0.0297. The number of carboxylic acid groups (broad SMARTS) is 1. The van der Waals surface area contributed by atoms with Crippen LogP contribution in [0.4, 0.5) is 0 Å². The van der Waals surface area contributed by atoms with Crippen molar-refractivity contribution in [2.24, 2.45) is 5.92 Å². The van der Waals surface area contributed by atoms with Crippen molar-refractivity contribution < 1.29 is 14.7 Å². The summed E-state index contributed by atoms with van der Waals surface area (Å²) >= 11 is 5.97. The van der Waals surface area contributed by atoms with Gasteiger partial charge in [-0.2, -0.15) is 12.6 Å². The molecule has 18 heavy (non-hydrogen) atoms. The van der Waals surface area contributed by atoms with Gasteiger partial charge in [-0.1, -0.05) is 6.42 Å². The Labute approximate surface area is 117 Å². The molecule has 1 N–H and O–H groups in total. The number of carbonyl (C=O) groups is 2. The van der Waals surface area contributed by atoms with Gasteiger partial charge in [0.15, 0.2) is 0 Å². The van der Waals surface area contributed by atoms with E-state index in [1.165, 1.54) is 16.7 Å². The van der Waals surface area contributed by atoms with Crippen molar-refractivity contribution in [2.75, 3.05) is 5.88 Å². The molecular weight excluding hydrogens is 270 g/mol. The molecule has 0 radical (unpaired) electrons. The predicted octanol–water partition coefficient (Wildman–Crippen LogP) is 1.85. The number of carbonyl (C=O) groups excluding carboxylic acids is 1. The lowest BCUT2D eigenvalue weighted by Gasteiger charge is -2.30. The summed E-state index contributed by atoms with van der Waals surface area (Å²) in [6.07, 6.45) is 2.79. The fraction of sp³-hybridized carbons (Fsp3) is 0.833. The van der Waals surface area contributed by atoms with E-state index in [9.17, 15) is 14.7 Å². The number of carboxylic acids is 1. The lowest BCUT2D eigenvalue weighted by atomic mass is 9.99. The van der Waals surface area contributed by atoms with Crippen molar-refractivity contribution in [3.05, 3.63) is 0 Å². The smallest absolute Gasteiger partial charge is 0.327 e. The largest absolute Gasteiger partial charge is 0.480 e. The summed E-state index contributed by atoms with van der Waals surface area (Å²) in [5.41, 5.74) is 0. The summed E-state index contributed by atoms with van der Waals surface area (Å²) in [6.45, 7) is 3.77. The Kier molecular flexibility index (Phi) is 3.88. The van der Waals surface area contributed by atoms with E-state index in [1.54, 1.807) is 0 Å². The number of aliphatic carboxylic acids is 1. The fourth-order valence-electron chi connectivity index (χ4n) is 2.83. The monoisotopic (exact) mass is 289 g/mol. The van der Waals surface area contributed by atoms with E-state index in [2.05, 4.69) is 12.6 Å².